The second-order valence-corrected chi connectivity index (χ2v) is 4.41. The molecule has 0 amide bonds. The Kier molecular flexibility index (Phi) is 4.74. The van der Waals surface area contributed by atoms with Crippen molar-refractivity contribution in [2.45, 2.75) is 0 Å². The molecule has 0 aliphatic rings. The highest BCUT2D eigenvalue weighted by atomic mass is 19.1. The lowest BCUT2D eigenvalue weighted by Crippen LogP contribution is -1.92. The van der Waals surface area contributed by atoms with E-state index in [4.69, 9.17) is 9.47 Å². The van der Waals surface area contributed by atoms with Crippen LogP contribution in [0.3, 0.4) is 0 Å². The Labute approximate surface area is 127 Å². The molecule has 0 atom stereocenters. The minimum atomic E-state index is -0.602. The smallest absolute Gasteiger partial charge is 0.161 e. The van der Waals surface area contributed by atoms with Gasteiger partial charge in [0.15, 0.2) is 11.5 Å². The van der Waals surface area contributed by atoms with E-state index in [1.54, 1.807) is 18.2 Å². The molecular formula is C17H13F2NO2. The van der Waals surface area contributed by atoms with Crippen LogP contribution in [0.4, 0.5) is 8.78 Å². The van der Waals surface area contributed by atoms with Gasteiger partial charge in [0.1, 0.15) is 11.6 Å². The molecule has 0 aliphatic carbocycles. The Morgan fingerprint density at radius 3 is 2.41 bits per heavy atom. The van der Waals surface area contributed by atoms with E-state index in [2.05, 4.69) is 0 Å². The van der Waals surface area contributed by atoms with Gasteiger partial charge in [0.25, 0.3) is 0 Å². The van der Waals surface area contributed by atoms with Crippen LogP contribution in [-0.4, -0.2) is 14.2 Å². The lowest BCUT2D eigenvalue weighted by atomic mass is 10.0. The first kappa shape index (κ1) is 15.5. The molecule has 3 nitrogen and oxygen atoms in total. The normalized spacial score (nSPS) is 11.0. The Bertz CT molecular complexity index is 764. The lowest BCUT2D eigenvalue weighted by molar-refractivity contribution is 0.355. The van der Waals surface area contributed by atoms with Gasteiger partial charge in [-0.15, -0.1) is 0 Å². The van der Waals surface area contributed by atoms with Gasteiger partial charge in [-0.2, -0.15) is 5.26 Å². The quantitative estimate of drug-likeness (QED) is 0.632. The SMILES string of the molecule is COc1ccc(/C(C#N)=C/c2cc(F)ccc2F)cc1OC. The molecule has 0 radical (unpaired) electrons. The number of nitrogens with zero attached hydrogens (tertiary/aromatic N) is 1. The highest BCUT2D eigenvalue weighted by Crippen LogP contribution is 2.31. The first-order chi connectivity index (χ1) is 10.6. The van der Waals surface area contributed by atoms with Gasteiger partial charge in [-0.1, -0.05) is 0 Å². The molecule has 0 aliphatic heterocycles. The zero-order chi connectivity index (χ0) is 16.1. The summed E-state index contributed by atoms with van der Waals surface area (Å²) in [6.45, 7) is 0. The summed E-state index contributed by atoms with van der Waals surface area (Å²) in [6.07, 6.45) is 1.29. The maximum Gasteiger partial charge on any atom is 0.161 e. The van der Waals surface area contributed by atoms with E-state index < -0.39 is 11.6 Å². The first-order valence-electron chi connectivity index (χ1n) is 6.38. The molecule has 0 aromatic heterocycles. The minimum Gasteiger partial charge on any atom is -0.493 e. The second-order valence-electron chi connectivity index (χ2n) is 4.41. The zero-order valence-electron chi connectivity index (χ0n) is 12.1. The van der Waals surface area contributed by atoms with Crippen LogP contribution in [0, 0.1) is 23.0 Å². The van der Waals surface area contributed by atoms with E-state index in [9.17, 15) is 14.0 Å². The van der Waals surface area contributed by atoms with Gasteiger partial charge in [-0.3, -0.25) is 0 Å². The third kappa shape index (κ3) is 3.23. The van der Waals surface area contributed by atoms with Crippen LogP contribution in [-0.2, 0) is 0 Å². The molecule has 0 unspecified atom stereocenters. The van der Waals surface area contributed by atoms with Crippen molar-refractivity contribution in [3.63, 3.8) is 0 Å². The Morgan fingerprint density at radius 2 is 1.77 bits per heavy atom. The van der Waals surface area contributed by atoms with Crippen molar-refractivity contribution < 1.29 is 18.3 Å². The molecule has 0 heterocycles. The fourth-order valence-electron chi connectivity index (χ4n) is 1.96. The van der Waals surface area contributed by atoms with Crippen LogP contribution in [0.25, 0.3) is 11.6 Å². The Morgan fingerprint density at radius 1 is 1.05 bits per heavy atom. The van der Waals surface area contributed by atoms with Crippen LogP contribution >= 0.6 is 0 Å². The Hall–Kier alpha value is -2.87. The molecule has 0 spiro atoms. The van der Waals surface area contributed by atoms with E-state index >= 15 is 0 Å². The van der Waals surface area contributed by atoms with Gasteiger partial charge >= 0.3 is 0 Å². The molecule has 2 rings (SSSR count). The molecule has 0 saturated carbocycles. The molecule has 22 heavy (non-hydrogen) atoms. The summed E-state index contributed by atoms with van der Waals surface area (Å²) in [4.78, 5) is 0. The Balaban J connectivity index is 2.50. The van der Waals surface area contributed by atoms with E-state index in [1.165, 1.54) is 20.3 Å². The average Bonchev–Trinajstić information content (AvgIpc) is 2.55. The van der Waals surface area contributed by atoms with Crippen LogP contribution in [0.1, 0.15) is 11.1 Å². The van der Waals surface area contributed by atoms with Crippen LogP contribution in [0.5, 0.6) is 11.5 Å². The molecule has 0 N–H and O–H groups in total. The number of allylic oxidation sites excluding steroid dienone is 1. The van der Waals surface area contributed by atoms with Gasteiger partial charge in [0, 0.05) is 5.56 Å². The molecule has 112 valence electrons. The van der Waals surface area contributed by atoms with Crippen molar-refractivity contribution in [2.75, 3.05) is 14.2 Å². The third-order valence-electron chi connectivity index (χ3n) is 3.07. The summed E-state index contributed by atoms with van der Waals surface area (Å²) in [5, 5.41) is 9.28. The van der Waals surface area contributed by atoms with E-state index in [-0.39, 0.29) is 11.1 Å². The fraction of sp³-hybridized carbons (Fsp3) is 0.118. The number of halogens is 2. The standard InChI is InChI=1S/C17H13F2NO2/c1-21-16-6-3-11(9-17(16)22-2)13(10-20)7-12-8-14(18)4-5-15(12)19/h3-9H,1-2H3/b13-7+. The predicted octanol–water partition coefficient (Wildman–Crippen LogP) is 4.05. The monoisotopic (exact) mass is 301 g/mol. The van der Waals surface area contributed by atoms with Crippen molar-refractivity contribution in [2.24, 2.45) is 0 Å². The molecule has 2 aromatic carbocycles. The number of ether oxygens (including phenoxy) is 2. The summed E-state index contributed by atoms with van der Waals surface area (Å²) < 4.78 is 37.2. The summed E-state index contributed by atoms with van der Waals surface area (Å²) in [7, 11) is 2.98. The number of nitriles is 1. The van der Waals surface area contributed by atoms with Crippen LogP contribution in [0.2, 0.25) is 0 Å². The predicted molar refractivity (Wildman–Crippen MR) is 79.4 cm³/mol. The summed E-state index contributed by atoms with van der Waals surface area (Å²) >= 11 is 0. The van der Waals surface area contributed by atoms with Gasteiger partial charge in [-0.05, 0) is 48.0 Å². The summed E-state index contributed by atoms with van der Waals surface area (Å²) in [5.74, 6) is -0.215. The van der Waals surface area contributed by atoms with Gasteiger partial charge in [-0.25, -0.2) is 8.78 Å². The maximum atomic E-state index is 13.7. The van der Waals surface area contributed by atoms with Crippen molar-refractivity contribution in [3.8, 4) is 17.6 Å². The number of methoxy groups -OCH3 is 2. The van der Waals surface area contributed by atoms with Gasteiger partial charge in [0.05, 0.1) is 25.9 Å². The lowest BCUT2D eigenvalue weighted by Gasteiger charge is -2.09. The van der Waals surface area contributed by atoms with Crippen molar-refractivity contribution >= 4 is 11.6 Å². The zero-order valence-corrected chi connectivity index (χ0v) is 12.1. The number of hydrogen-bond acceptors (Lipinski definition) is 3. The van der Waals surface area contributed by atoms with Gasteiger partial charge in [0.2, 0.25) is 0 Å². The topological polar surface area (TPSA) is 42.2 Å². The second kappa shape index (κ2) is 6.72. The largest absolute Gasteiger partial charge is 0.493 e. The van der Waals surface area contributed by atoms with Crippen molar-refractivity contribution in [1.29, 1.82) is 5.26 Å². The first-order valence-corrected chi connectivity index (χ1v) is 6.38. The van der Waals surface area contributed by atoms with E-state index in [1.807, 2.05) is 6.07 Å². The molecule has 2 aromatic rings. The van der Waals surface area contributed by atoms with Crippen LogP contribution in [0.15, 0.2) is 36.4 Å². The minimum absolute atomic E-state index is 0.00587. The highest BCUT2D eigenvalue weighted by molar-refractivity contribution is 5.90. The fourth-order valence-corrected chi connectivity index (χ4v) is 1.96. The molecule has 0 fully saturated rings. The summed E-state index contributed by atoms with van der Waals surface area (Å²) in [5.41, 5.74) is 0.709. The number of rotatable bonds is 4. The molecule has 0 bridgehead atoms. The molecule has 5 heteroatoms. The highest BCUT2D eigenvalue weighted by Gasteiger charge is 2.09. The molecule has 0 saturated heterocycles. The molecular weight excluding hydrogens is 288 g/mol. The van der Waals surface area contributed by atoms with Crippen LogP contribution < -0.4 is 9.47 Å². The van der Waals surface area contributed by atoms with E-state index in [0.717, 1.165) is 18.2 Å². The van der Waals surface area contributed by atoms with Crippen molar-refractivity contribution in [1.82, 2.24) is 0 Å². The van der Waals surface area contributed by atoms with E-state index in [0.29, 0.717) is 17.1 Å². The third-order valence-corrected chi connectivity index (χ3v) is 3.07. The van der Waals surface area contributed by atoms with Gasteiger partial charge < -0.3 is 9.47 Å². The number of benzene rings is 2. The number of hydrogen-bond donors (Lipinski definition) is 0. The maximum absolute atomic E-state index is 13.7. The summed E-state index contributed by atoms with van der Waals surface area (Å²) in [6, 6.07) is 9.94. The average molecular weight is 301 g/mol. The van der Waals surface area contributed by atoms with Crippen molar-refractivity contribution in [3.05, 3.63) is 59.2 Å².